The van der Waals surface area contributed by atoms with Gasteiger partial charge in [0.25, 0.3) is 0 Å². The van der Waals surface area contributed by atoms with Crippen LogP contribution in [0.5, 0.6) is 0 Å². The van der Waals surface area contributed by atoms with Crippen molar-refractivity contribution in [1.29, 1.82) is 0 Å². The number of rotatable bonds is 5. The average Bonchev–Trinajstić information content (AvgIpc) is 2.23. The van der Waals surface area contributed by atoms with E-state index in [1.165, 1.54) is 28.0 Å². The molecule has 0 fully saturated rings. The lowest BCUT2D eigenvalue weighted by Gasteiger charge is -2.10. The van der Waals surface area contributed by atoms with Crippen LogP contribution >= 0.6 is 11.8 Å². The third-order valence-corrected chi connectivity index (χ3v) is 3.62. The molecule has 0 atom stereocenters. The van der Waals surface area contributed by atoms with E-state index in [1.54, 1.807) is 0 Å². The molecule has 0 unspecified atom stereocenters. The van der Waals surface area contributed by atoms with E-state index in [0.717, 1.165) is 19.4 Å². The van der Waals surface area contributed by atoms with Gasteiger partial charge in [0.05, 0.1) is 0 Å². The highest BCUT2D eigenvalue weighted by Gasteiger charge is 2.04. The molecule has 1 nitrogen and oxygen atoms in total. The zero-order chi connectivity index (χ0) is 11.3. The van der Waals surface area contributed by atoms with Gasteiger partial charge in [-0.25, -0.2) is 0 Å². The second-order valence-electron chi connectivity index (χ2n) is 3.99. The molecule has 0 bridgehead atoms. The Morgan fingerprint density at radius 1 is 1.13 bits per heavy atom. The summed E-state index contributed by atoms with van der Waals surface area (Å²) in [5.41, 5.74) is 9.79. The average molecular weight is 223 g/mol. The van der Waals surface area contributed by atoms with Crippen LogP contribution in [-0.2, 0) is 6.42 Å². The number of aryl methyl sites for hydroxylation is 3. The van der Waals surface area contributed by atoms with Crippen LogP contribution in [0.25, 0.3) is 0 Å². The predicted octanol–water partition coefficient (Wildman–Crippen LogP) is 3.31. The summed E-state index contributed by atoms with van der Waals surface area (Å²) in [5, 5.41) is 0. The van der Waals surface area contributed by atoms with Crippen molar-refractivity contribution in [2.24, 2.45) is 5.73 Å². The van der Waals surface area contributed by atoms with Gasteiger partial charge in [-0.2, -0.15) is 0 Å². The maximum Gasteiger partial charge on any atom is 0.0104 e. The Morgan fingerprint density at radius 2 is 1.80 bits per heavy atom. The molecule has 0 aliphatic carbocycles. The summed E-state index contributed by atoms with van der Waals surface area (Å²) in [5.74, 6) is 0. The number of nitrogens with two attached hydrogens (primary N) is 1. The second kappa shape index (κ2) is 6.19. The van der Waals surface area contributed by atoms with Crippen molar-refractivity contribution in [1.82, 2.24) is 0 Å². The third-order valence-electron chi connectivity index (χ3n) is 2.80. The van der Waals surface area contributed by atoms with Gasteiger partial charge in [-0.05, 0) is 68.7 Å². The highest BCUT2D eigenvalue weighted by Crippen LogP contribution is 2.25. The molecule has 0 aliphatic heterocycles. The van der Waals surface area contributed by atoms with Crippen molar-refractivity contribution in [3.8, 4) is 0 Å². The Kier molecular flexibility index (Phi) is 5.20. The quantitative estimate of drug-likeness (QED) is 0.612. The van der Waals surface area contributed by atoms with Crippen LogP contribution < -0.4 is 5.73 Å². The first-order valence-electron chi connectivity index (χ1n) is 5.53. The summed E-state index contributed by atoms with van der Waals surface area (Å²) in [7, 11) is 0. The number of thioether (sulfide) groups is 1. The lowest BCUT2D eigenvalue weighted by Crippen LogP contribution is -2.00. The molecule has 1 rings (SSSR count). The largest absolute Gasteiger partial charge is 0.330 e. The Labute approximate surface area is 97.4 Å². The molecule has 0 spiro atoms. The first kappa shape index (κ1) is 12.6. The molecule has 1 aromatic rings. The van der Waals surface area contributed by atoms with Gasteiger partial charge in [-0.3, -0.25) is 0 Å². The van der Waals surface area contributed by atoms with Gasteiger partial charge in [0.2, 0.25) is 0 Å². The normalized spacial score (nSPS) is 10.7. The zero-order valence-electron chi connectivity index (χ0n) is 9.97. The van der Waals surface area contributed by atoms with E-state index in [0.29, 0.717) is 0 Å². The van der Waals surface area contributed by atoms with E-state index < -0.39 is 0 Å². The molecular weight excluding hydrogens is 202 g/mol. The van der Waals surface area contributed by atoms with Crippen LogP contribution in [-0.4, -0.2) is 12.8 Å². The molecule has 0 amide bonds. The molecule has 2 N–H and O–H groups in total. The molecule has 0 heterocycles. The van der Waals surface area contributed by atoms with Crippen molar-refractivity contribution in [2.45, 2.75) is 38.0 Å². The van der Waals surface area contributed by atoms with Gasteiger partial charge in [0.1, 0.15) is 0 Å². The minimum atomic E-state index is 0.805. The van der Waals surface area contributed by atoms with Crippen LogP contribution in [0.4, 0.5) is 0 Å². The van der Waals surface area contributed by atoms with Gasteiger partial charge >= 0.3 is 0 Å². The van der Waals surface area contributed by atoms with Crippen LogP contribution in [0.1, 0.15) is 29.5 Å². The van der Waals surface area contributed by atoms with Crippen LogP contribution in [0.3, 0.4) is 0 Å². The minimum Gasteiger partial charge on any atom is -0.330 e. The van der Waals surface area contributed by atoms with E-state index in [9.17, 15) is 0 Å². The van der Waals surface area contributed by atoms with Gasteiger partial charge in [-0.15, -0.1) is 11.8 Å². The number of unbranched alkanes of at least 4 members (excludes halogenated alkanes) is 1. The van der Waals surface area contributed by atoms with E-state index >= 15 is 0 Å². The Bertz CT molecular complexity index is 321. The summed E-state index contributed by atoms with van der Waals surface area (Å²) in [6.45, 7) is 5.17. The lowest BCUT2D eigenvalue weighted by atomic mass is 10.0. The summed E-state index contributed by atoms with van der Waals surface area (Å²) >= 11 is 1.85. The zero-order valence-corrected chi connectivity index (χ0v) is 10.8. The lowest BCUT2D eigenvalue weighted by molar-refractivity contribution is 0.737. The number of hydrogen-bond acceptors (Lipinski definition) is 2. The molecule has 0 aromatic heterocycles. The Balaban J connectivity index is 2.80. The molecule has 84 valence electrons. The van der Waals surface area contributed by atoms with E-state index in [4.69, 9.17) is 5.73 Å². The fraction of sp³-hybridized carbons (Fsp3) is 0.538. The van der Waals surface area contributed by atoms with Crippen molar-refractivity contribution >= 4 is 11.8 Å². The van der Waals surface area contributed by atoms with Gasteiger partial charge < -0.3 is 5.73 Å². The molecule has 2 heteroatoms. The van der Waals surface area contributed by atoms with Crippen LogP contribution in [0.2, 0.25) is 0 Å². The monoisotopic (exact) mass is 223 g/mol. The van der Waals surface area contributed by atoms with Gasteiger partial charge in [0, 0.05) is 4.90 Å². The Hall–Kier alpha value is -0.470. The number of benzene rings is 1. The van der Waals surface area contributed by atoms with Crippen LogP contribution in [0.15, 0.2) is 17.0 Å². The molecule has 0 saturated heterocycles. The highest BCUT2D eigenvalue weighted by atomic mass is 32.2. The smallest absolute Gasteiger partial charge is 0.0104 e. The van der Waals surface area contributed by atoms with Crippen molar-refractivity contribution in [3.05, 3.63) is 28.8 Å². The fourth-order valence-corrected chi connectivity index (χ4v) is 2.41. The van der Waals surface area contributed by atoms with Crippen molar-refractivity contribution < 1.29 is 0 Å². The summed E-state index contributed by atoms with van der Waals surface area (Å²) in [6, 6.07) is 4.63. The maximum absolute atomic E-state index is 5.51. The fourth-order valence-electron chi connectivity index (χ4n) is 1.69. The second-order valence-corrected chi connectivity index (χ2v) is 4.84. The topological polar surface area (TPSA) is 26.0 Å². The molecule has 15 heavy (non-hydrogen) atoms. The molecule has 0 aliphatic rings. The first-order chi connectivity index (χ1) is 7.19. The van der Waals surface area contributed by atoms with Gasteiger partial charge in [-0.1, -0.05) is 6.07 Å². The summed E-state index contributed by atoms with van der Waals surface area (Å²) in [6.07, 6.45) is 5.64. The predicted molar refractivity (Wildman–Crippen MR) is 69.7 cm³/mol. The molecular formula is C13H21NS. The summed E-state index contributed by atoms with van der Waals surface area (Å²) in [4.78, 5) is 1.43. The van der Waals surface area contributed by atoms with E-state index in [-0.39, 0.29) is 0 Å². The Morgan fingerprint density at radius 3 is 2.40 bits per heavy atom. The minimum absolute atomic E-state index is 0.805. The van der Waals surface area contributed by atoms with Gasteiger partial charge in [0.15, 0.2) is 0 Å². The molecule has 0 saturated carbocycles. The molecule has 1 aromatic carbocycles. The van der Waals surface area contributed by atoms with Crippen LogP contribution in [0, 0.1) is 13.8 Å². The maximum atomic E-state index is 5.51. The highest BCUT2D eigenvalue weighted by molar-refractivity contribution is 7.98. The van der Waals surface area contributed by atoms with Crippen molar-refractivity contribution in [2.75, 3.05) is 12.8 Å². The summed E-state index contributed by atoms with van der Waals surface area (Å²) < 4.78 is 0. The number of hydrogen-bond donors (Lipinski definition) is 1. The van der Waals surface area contributed by atoms with Crippen molar-refractivity contribution in [3.63, 3.8) is 0 Å². The first-order valence-corrected chi connectivity index (χ1v) is 6.75. The molecule has 0 radical (unpaired) electrons. The van der Waals surface area contributed by atoms with E-state index in [1.807, 2.05) is 11.8 Å². The third kappa shape index (κ3) is 3.54. The van der Waals surface area contributed by atoms with E-state index in [2.05, 4.69) is 32.2 Å². The standard InChI is InChI=1S/C13H21NS/c1-10-8-12(6-4-5-7-14)13(15-3)9-11(10)2/h8-9H,4-7,14H2,1-3H3. The SMILES string of the molecule is CSc1cc(C)c(C)cc1CCCCN.